The summed E-state index contributed by atoms with van der Waals surface area (Å²) in [5, 5.41) is 47.3. The van der Waals surface area contributed by atoms with Crippen LogP contribution in [0.2, 0.25) is 0 Å². The van der Waals surface area contributed by atoms with Crippen molar-refractivity contribution in [2.75, 3.05) is 0 Å². The highest BCUT2D eigenvalue weighted by molar-refractivity contribution is 6.01. The lowest BCUT2D eigenvalue weighted by Crippen LogP contribution is -2.72. The fourth-order valence-corrected chi connectivity index (χ4v) is 4.30. The molecule has 2 N–H and O–H groups in total. The molecule has 4 fully saturated rings. The second-order valence-corrected chi connectivity index (χ2v) is 5.55. The van der Waals surface area contributed by atoms with Gasteiger partial charge in [0, 0.05) is 11.8 Å². The SMILES string of the molecule is O=[N+]([O-])C1([N+](=O)[O-])[C@H]2C[C@@H]3C[C@@H](C[C@H]1/C3=N/O)/C2=N\O. The summed E-state index contributed by atoms with van der Waals surface area (Å²) in [6.45, 7) is 0. The van der Waals surface area contributed by atoms with Crippen molar-refractivity contribution in [3.8, 4) is 0 Å². The normalized spacial score (nSPS) is 41.2. The van der Waals surface area contributed by atoms with Gasteiger partial charge in [-0.1, -0.05) is 10.3 Å². The predicted octanol–water partition coefficient (Wildman–Crippen LogP) is 0.572. The second-order valence-electron chi connectivity index (χ2n) is 5.55. The molecule has 0 aliphatic heterocycles. The standard InChI is InChI=1S/C10H12N4O6/c15-11-8-4-1-5-3-7(8)10(13(17)18,14(19)20)6(2-4)9(5)12-16/h4-7,15-16H,1-3H2/b11-8+,12-9+/t4-,5-,6-,7-/m0/s1. The van der Waals surface area contributed by atoms with Gasteiger partial charge in [0.1, 0.15) is 11.8 Å². The van der Waals surface area contributed by atoms with Crippen LogP contribution in [-0.2, 0) is 0 Å². The minimum Gasteiger partial charge on any atom is -0.411 e. The van der Waals surface area contributed by atoms with Crippen LogP contribution < -0.4 is 0 Å². The number of oxime groups is 2. The average molecular weight is 284 g/mol. The quantitative estimate of drug-likeness (QED) is 0.327. The largest absolute Gasteiger partial charge is 0.474 e. The van der Waals surface area contributed by atoms with Crippen LogP contribution in [0.4, 0.5) is 0 Å². The summed E-state index contributed by atoms with van der Waals surface area (Å²) in [7, 11) is 0. The summed E-state index contributed by atoms with van der Waals surface area (Å²) in [6.07, 6.45) is 0.763. The summed E-state index contributed by atoms with van der Waals surface area (Å²) in [6, 6.07) is 0. The van der Waals surface area contributed by atoms with Gasteiger partial charge in [0.25, 0.3) is 0 Å². The summed E-state index contributed by atoms with van der Waals surface area (Å²) >= 11 is 0. The van der Waals surface area contributed by atoms with Gasteiger partial charge >= 0.3 is 5.66 Å². The fourth-order valence-electron chi connectivity index (χ4n) is 4.30. The maximum absolute atomic E-state index is 11.5. The van der Waals surface area contributed by atoms with Crippen molar-refractivity contribution in [2.24, 2.45) is 34.0 Å². The predicted molar refractivity (Wildman–Crippen MR) is 63.0 cm³/mol. The number of hydrogen-bond acceptors (Lipinski definition) is 8. The maximum Gasteiger partial charge on any atom is 0.474 e. The topological polar surface area (TPSA) is 151 Å². The van der Waals surface area contributed by atoms with Crippen LogP contribution in [0.1, 0.15) is 19.3 Å². The molecule has 0 amide bonds. The third-order valence-electron chi connectivity index (χ3n) is 5.00. The van der Waals surface area contributed by atoms with E-state index >= 15 is 0 Å². The minimum atomic E-state index is -2.49. The number of nitrogens with zero attached hydrogens (tertiary/aromatic N) is 4. The fraction of sp³-hybridized carbons (Fsp3) is 0.800. The van der Waals surface area contributed by atoms with Gasteiger partial charge in [-0.15, -0.1) is 0 Å². The summed E-state index contributed by atoms with van der Waals surface area (Å²) < 4.78 is 0. The molecule has 10 heteroatoms. The first kappa shape index (κ1) is 12.8. The molecule has 4 bridgehead atoms. The molecule has 0 aromatic carbocycles. The zero-order chi connectivity index (χ0) is 14.7. The molecule has 0 spiro atoms. The molecular weight excluding hydrogens is 272 g/mol. The van der Waals surface area contributed by atoms with Crippen molar-refractivity contribution >= 4 is 11.4 Å². The van der Waals surface area contributed by atoms with E-state index in [9.17, 15) is 20.2 Å². The highest BCUT2D eigenvalue weighted by Gasteiger charge is 2.79. The van der Waals surface area contributed by atoms with Crippen LogP contribution in [0.3, 0.4) is 0 Å². The molecule has 10 nitrogen and oxygen atoms in total. The van der Waals surface area contributed by atoms with E-state index < -0.39 is 27.3 Å². The first-order valence-electron chi connectivity index (χ1n) is 6.21. The van der Waals surface area contributed by atoms with E-state index in [0.717, 1.165) is 0 Å². The maximum atomic E-state index is 11.5. The molecule has 0 aromatic rings. The molecule has 108 valence electrons. The first-order valence-corrected chi connectivity index (χ1v) is 6.21. The summed E-state index contributed by atoms with van der Waals surface area (Å²) in [4.78, 5) is 21.1. The molecule has 0 unspecified atom stereocenters. The third-order valence-corrected chi connectivity index (χ3v) is 5.00. The van der Waals surface area contributed by atoms with Crippen molar-refractivity contribution in [1.82, 2.24) is 0 Å². The van der Waals surface area contributed by atoms with Gasteiger partial charge in [-0.2, -0.15) is 0 Å². The molecule has 20 heavy (non-hydrogen) atoms. The van der Waals surface area contributed by atoms with Crippen LogP contribution >= 0.6 is 0 Å². The van der Waals surface area contributed by atoms with E-state index in [1.165, 1.54) is 0 Å². The van der Waals surface area contributed by atoms with E-state index in [0.29, 0.717) is 6.42 Å². The Morgan fingerprint density at radius 3 is 1.65 bits per heavy atom. The molecule has 0 saturated heterocycles. The van der Waals surface area contributed by atoms with E-state index in [4.69, 9.17) is 10.4 Å². The highest BCUT2D eigenvalue weighted by atomic mass is 16.7. The zero-order valence-electron chi connectivity index (χ0n) is 10.2. The molecule has 4 aliphatic carbocycles. The number of nitro groups is 2. The molecule has 0 aromatic heterocycles. The Morgan fingerprint density at radius 2 is 1.35 bits per heavy atom. The Hall–Kier alpha value is -2.26. The van der Waals surface area contributed by atoms with Gasteiger partial charge in [-0.05, 0) is 19.3 Å². The van der Waals surface area contributed by atoms with Gasteiger partial charge in [-0.25, -0.2) is 0 Å². The van der Waals surface area contributed by atoms with Crippen LogP contribution in [0.5, 0.6) is 0 Å². The molecule has 4 rings (SSSR count). The van der Waals surface area contributed by atoms with Gasteiger partial charge in [0.05, 0.1) is 21.3 Å². The smallest absolute Gasteiger partial charge is 0.411 e. The Morgan fingerprint density at radius 1 is 0.950 bits per heavy atom. The Labute approximate surface area is 112 Å². The van der Waals surface area contributed by atoms with Gasteiger partial charge in [0.15, 0.2) is 0 Å². The number of rotatable bonds is 2. The van der Waals surface area contributed by atoms with E-state index in [2.05, 4.69) is 10.3 Å². The lowest BCUT2D eigenvalue weighted by molar-refractivity contribution is -0.813. The third kappa shape index (κ3) is 1.18. The van der Waals surface area contributed by atoms with E-state index in [1.807, 2.05) is 0 Å². The summed E-state index contributed by atoms with van der Waals surface area (Å²) in [5.74, 6) is -2.53. The number of hydrogen-bond donors (Lipinski definition) is 2. The summed E-state index contributed by atoms with van der Waals surface area (Å²) in [5.41, 5.74) is -2.21. The van der Waals surface area contributed by atoms with Gasteiger partial charge in [-0.3, -0.25) is 20.2 Å². The lowest BCUT2D eigenvalue weighted by Gasteiger charge is -2.51. The Kier molecular flexibility index (Phi) is 2.47. The highest BCUT2D eigenvalue weighted by Crippen LogP contribution is 2.57. The van der Waals surface area contributed by atoms with Gasteiger partial charge < -0.3 is 10.4 Å². The second kappa shape index (κ2) is 3.87. The molecule has 0 heterocycles. The molecule has 0 radical (unpaired) electrons. The zero-order valence-corrected chi connectivity index (χ0v) is 10.2. The molecule has 4 atom stereocenters. The van der Waals surface area contributed by atoms with Crippen LogP contribution in [0.25, 0.3) is 0 Å². The Bertz CT molecular complexity index is 510. The van der Waals surface area contributed by atoms with Gasteiger partial charge in [0.2, 0.25) is 0 Å². The van der Waals surface area contributed by atoms with Crippen LogP contribution in [0, 0.1) is 43.9 Å². The molecule has 4 saturated carbocycles. The van der Waals surface area contributed by atoms with Crippen molar-refractivity contribution in [1.29, 1.82) is 0 Å². The lowest BCUT2D eigenvalue weighted by atomic mass is 9.50. The van der Waals surface area contributed by atoms with Crippen molar-refractivity contribution in [3.63, 3.8) is 0 Å². The molecule has 4 aliphatic rings. The monoisotopic (exact) mass is 284 g/mol. The van der Waals surface area contributed by atoms with Crippen molar-refractivity contribution < 1.29 is 20.3 Å². The van der Waals surface area contributed by atoms with E-state index in [1.54, 1.807) is 0 Å². The van der Waals surface area contributed by atoms with Crippen molar-refractivity contribution in [3.05, 3.63) is 20.2 Å². The minimum absolute atomic E-state index is 0.105. The average Bonchev–Trinajstić information content (AvgIpc) is 2.38. The van der Waals surface area contributed by atoms with Crippen LogP contribution in [0.15, 0.2) is 10.3 Å². The molecular formula is C10H12N4O6. The van der Waals surface area contributed by atoms with Crippen molar-refractivity contribution in [2.45, 2.75) is 24.9 Å². The first-order chi connectivity index (χ1) is 9.48. The Balaban J connectivity index is 2.23. The van der Waals surface area contributed by atoms with E-state index in [-0.39, 0.29) is 36.1 Å². The van der Waals surface area contributed by atoms with Crippen LogP contribution in [-0.4, -0.2) is 37.3 Å².